The first-order valence-corrected chi connectivity index (χ1v) is 12.6. The van der Waals surface area contributed by atoms with Gasteiger partial charge in [0.05, 0.1) is 11.4 Å². The average molecular weight is 496 g/mol. The Morgan fingerprint density at radius 2 is 1.75 bits per heavy atom. The molecule has 5 rings (SSSR count). The fourth-order valence-corrected chi connectivity index (χ4v) is 7.52. The molecular formula is C23H17N3O2S4. The van der Waals surface area contributed by atoms with Gasteiger partial charge in [0.2, 0.25) is 0 Å². The summed E-state index contributed by atoms with van der Waals surface area (Å²) < 4.78 is 3.29. The maximum Gasteiger partial charge on any atom is 0.273 e. The van der Waals surface area contributed by atoms with Gasteiger partial charge in [0.15, 0.2) is 4.32 Å². The summed E-state index contributed by atoms with van der Waals surface area (Å²) in [6, 6.07) is 17.4. The quantitative estimate of drug-likeness (QED) is 0.409. The molecule has 3 aromatic rings. The van der Waals surface area contributed by atoms with Crippen molar-refractivity contribution < 1.29 is 4.79 Å². The summed E-state index contributed by atoms with van der Waals surface area (Å²) in [7, 11) is 1.96. The van der Waals surface area contributed by atoms with Crippen molar-refractivity contribution in [2.45, 2.75) is 11.4 Å². The van der Waals surface area contributed by atoms with E-state index in [9.17, 15) is 9.59 Å². The molecule has 0 saturated carbocycles. The van der Waals surface area contributed by atoms with Crippen molar-refractivity contribution in [2.75, 3.05) is 16.8 Å². The van der Waals surface area contributed by atoms with Crippen molar-refractivity contribution in [1.29, 1.82) is 0 Å². The summed E-state index contributed by atoms with van der Waals surface area (Å²) in [4.78, 5) is 32.0. The standard InChI is InChI=1S/C23H17N3O2S4/c1-3-13-25-19(27)17(21-24(2)15-11-7-8-12-16(15)30-21)31-22(25)18-20(28)26(23(29)32-18)14-9-5-4-6-10-14/h3-12H,1,13H2,2H3/b21-17-,22-18+. The van der Waals surface area contributed by atoms with E-state index in [0.29, 0.717) is 25.0 Å². The summed E-state index contributed by atoms with van der Waals surface area (Å²) in [5, 5.41) is 0.865. The summed E-state index contributed by atoms with van der Waals surface area (Å²) in [6.07, 6.45) is 1.67. The van der Waals surface area contributed by atoms with Crippen molar-refractivity contribution in [2.24, 2.45) is 0 Å². The van der Waals surface area contributed by atoms with E-state index in [1.54, 1.807) is 22.4 Å². The van der Waals surface area contributed by atoms with Crippen LogP contribution in [0.1, 0.15) is 0 Å². The van der Waals surface area contributed by atoms with Crippen LogP contribution in [0.2, 0.25) is 0 Å². The molecule has 0 spiro atoms. The third kappa shape index (κ3) is 3.36. The Labute approximate surface area is 202 Å². The zero-order valence-corrected chi connectivity index (χ0v) is 20.2. The molecule has 160 valence electrons. The Balaban J connectivity index is 1.73. The van der Waals surface area contributed by atoms with Gasteiger partial charge >= 0.3 is 0 Å². The zero-order chi connectivity index (χ0) is 22.4. The van der Waals surface area contributed by atoms with Crippen LogP contribution in [0, 0.1) is 0 Å². The molecule has 0 radical (unpaired) electrons. The molecule has 0 N–H and O–H groups in total. The summed E-state index contributed by atoms with van der Waals surface area (Å²) >= 11 is 9.66. The molecule has 0 aliphatic carbocycles. The number of anilines is 2. The lowest BCUT2D eigenvalue weighted by atomic mass is 10.3. The van der Waals surface area contributed by atoms with E-state index in [1.807, 2.05) is 66.5 Å². The number of thiazole rings is 1. The lowest BCUT2D eigenvalue weighted by molar-refractivity contribution is -0.112. The zero-order valence-electron chi connectivity index (χ0n) is 17.0. The van der Waals surface area contributed by atoms with Gasteiger partial charge in [-0.1, -0.05) is 72.1 Å². The van der Waals surface area contributed by atoms with Gasteiger partial charge < -0.3 is 4.90 Å². The number of amides is 1. The third-order valence-corrected chi connectivity index (χ3v) is 9.15. The molecule has 1 amide bonds. The summed E-state index contributed by atoms with van der Waals surface area (Å²) in [6.45, 7) is 4.11. The number of benzene rings is 2. The minimum Gasteiger partial charge on any atom is -0.337 e. The van der Waals surface area contributed by atoms with Gasteiger partial charge in [-0.15, -0.1) is 17.9 Å². The van der Waals surface area contributed by atoms with Gasteiger partial charge in [0.1, 0.15) is 19.1 Å². The molecule has 5 nitrogen and oxygen atoms in total. The van der Waals surface area contributed by atoms with E-state index in [1.165, 1.54) is 28.0 Å². The van der Waals surface area contributed by atoms with Crippen LogP contribution in [0.3, 0.4) is 0 Å². The highest BCUT2D eigenvalue weighted by Crippen LogP contribution is 2.45. The molecule has 2 aliphatic rings. The minimum absolute atomic E-state index is 0.128. The summed E-state index contributed by atoms with van der Waals surface area (Å²) in [5.74, 6) is -0.211. The van der Waals surface area contributed by atoms with Gasteiger partial charge in [-0.3, -0.25) is 19.1 Å². The van der Waals surface area contributed by atoms with Crippen LogP contribution in [0.5, 0.6) is 0 Å². The topological polar surface area (TPSA) is 45.6 Å². The lowest BCUT2D eigenvalue weighted by Crippen LogP contribution is -2.35. The highest BCUT2D eigenvalue weighted by molar-refractivity contribution is 8.31. The maximum absolute atomic E-state index is 13.4. The molecular weight excluding hydrogens is 479 g/mol. The minimum atomic E-state index is -0.211. The molecule has 32 heavy (non-hydrogen) atoms. The van der Waals surface area contributed by atoms with Crippen molar-refractivity contribution >= 4 is 78.6 Å². The average Bonchev–Trinajstić information content (AvgIpc) is 3.41. The molecule has 1 saturated heterocycles. The number of hydrogen-bond acceptors (Lipinski definition) is 7. The SMILES string of the molecule is C=CCn1c(=O)/c(=C2/Sc3ccccc3N2C)s/c1=C1/SC(=S)N(c2ccccc2)C1=O. The van der Waals surface area contributed by atoms with Crippen LogP contribution in [0.25, 0.3) is 9.93 Å². The van der Waals surface area contributed by atoms with Gasteiger partial charge in [0, 0.05) is 18.5 Å². The second-order valence-electron chi connectivity index (χ2n) is 7.05. The Morgan fingerprint density at radius 1 is 1.03 bits per heavy atom. The molecule has 0 atom stereocenters. The number of aromatic nitrogens is 1. The Morgan fingerprint density at radius 3 is 2.47 bits per heavy atom. The van der Waals surface area contributed by atoms with Crippen molar-refractivity contribution in [3.8, 4) is 0 Å². The van der Waals surface area contributed by atoms with Crippen LogP contribution < -0.4 is 24.6 Å². The number of fused-ring (bicyclic) bond motifs is 1. The number of para-hydroxylation sites is 2. The van der Waals surface area contributed by atoms with Crippen LogP contribution in [0.4, 0.5) is 11.4 Å². The monoisotopic (exact) mass is 495 g/mol. The first-order chi connectivity index (χ1) is 15.5. The molecule has 2 aliphatic heterocycles. The van der Waals surface area contributed by atoms with Gasteiger partial charge in [0.25, 0.3) is 11.5 Å². The molecule has 9 heteroatoms. The van der Waals surface area contributed by atoms with Gasteiger partial charge in [-0.2, -0.15) is 0 Å². The van der Waals surface area contributed by atoms with Crippen molar-refractivity contribution in [3.05, 3.63) is 86.8 Å². The molecule has 0 unspecified atom stereocenters. The molecule has 1 aromatic heterocycles. The van der Waals surface area contributed by atoms with E-state index in [0.717, 1.165) is 21.3 Å². The third-order valence-electron chi connectivity index (χ3n) is 5.10. The molecule has 2 aromatic carbocycles. The molecule has 0 bridgehead atoms. The van der Waals surface area contributed by atoms with Crippen LogP contribution >= 0.6 is 47.1 Å². The predicted octanol–water partition coefficient (Wildman–Crippen LogP) is 3.58. The smallest absolute Gasteiger partial charge is 0.273 e. The first kappa shape index (κ1) is 21.3. The van der Waals surface area contributed by atoms with Crippen LogP contribution in [0.15, 0.2) is 76.9 Å². The number of thioether (sulfide) groups is 2. The van der Waals surface area contributed by atoms with Crippen molar-refractivity contribution in [3.63, 3.8) is 0 Å². The Kier molecular flexibility index (Phi) is 5.58. The second-order valence-corrected chi connectivity index (χ2v) is 10.7. The maximum atomic E-state index is 13.4. The number of hydrogen-bond donors (Lipinski definition) is 0. The van der Waals surface area contributed by atoms with E-state index >= 15 is 0 Å². The van der Waals surface area contributed by atoms with E-state index < -0.39 is 0 Å². The first-order valence-electron chi connectivity index (χ1n) is 9.72. The van der Waals surface area contributed by atoms with Crippen molar-refractivity contribution in [1.82, 2.24) is 4.57 Å². The largest absolute Gasteiger partial charge is 0.337 e. The number of thiocarbonyl (C=S) groups is 1. The van der Waals surface area contributed by atoms with E-state index in [4.69, 9.17) is 12.2 Å². The molecule has 3 heterocycles. The number of carbonyl (C=O) groups is 1. The predicted molar refractivity (Wildman–Crippen MR) is 140 cm³/mol. The number of nitrogens with zero attached hydrogens (tertiary/aromatic N) is 3. The van der Waals surface area contributed by atoms with E-state index in [2.05, 4.69) is 6.58 Å². The number of carbonyl (C=O) groups excluding carboxylic acids is 1. The highest BCUT2D eigenvalue weighted by Gasteiger charge is 2.35. The number of allylic oxidation sites excluding steroid dienone is 1. The Bertz CT molecular complexity index is 1460. The lowest BCUT2D eigenvalue weighted by Gasteiger charge is -2.13. The highest BCUT2D eigenvalue weighted by atomic mass is 32.2. The fourth-order valence-electron chi connectivity index (χ4n) is 3.61. The fraction of sp³-hybridized carbons (Fsp3) is 0.0870. The van der Waals surface area contributed by atoms with E-state index in [-0.39, 0.29) is 11.5 Å². The molecule has 1 fully saturated rings. The Hall–Kier alpha value is -2.59. The van der Waals surface area contributed by atoms with Crippen LogP contribution in [-0.2, 0) is 11.3 Å². The normalized spacial score (nSPS) is 19.0. The summed E-state index contributed by atoms with van der Waals surface area (Å²) in [5.41, 5.74) is 1.65. The number of rotatable bonds is 3. The van der Waals surface area contributed by atoms with Crippen LogP contribution in [-0.4, -0.2) is 21.8 Å². The second kappa shape index (κ2) is 8.40. The van der Waals surface area contributed by atoms with Gasteiger partial charge in [-0.25, -0.2) is 0 Å². The van der Waals surface area contributed by atoms with Gasteiger partial charge in [-0.05, 0) is 24.3 Å².